The van der Waals surface area contributed by atoms with Crippen molar-refractivity contribution in [3.63, 3.8) is 0 Å². The third-order valence-corrected chi connectivity index (χ3v) is 2.32. The van der Waals surface area contributed by atoms with Crippen molar-refractivity contribution in [3.8, 4) is 0 Å². The van der Waals surface area contributed by atoms with Crippen LogP contribution in [0.5, 0.6) is 0 Å². The minimum atomic E-state index is -0.253. The van der Waals surface area contributed by atoms with Crippen molar-refractivity contribution in [3.05, 3.63) is 24.2 Å². The Hall–Kier alpha value is -0.800. The van der Waals surface area contributed by atoms with Gasteiger partial charge in [-0.3, -0.25) is 5.32 Å². The first-order chi connectivity index (χ1) is 6.18. The zero-order valence-corrected chi connectivity index (χ0v) is 8.04. The van der Waals surface area contributed by atoms with Crippen molar-refractivity contribution in [2.24, 2.45) is 0 Å². The fourth-order valence-corrected chi connectivity index (χ4v) is 1.74. The van der Waals surface area contributed by atoms with Gasteiger partial charge in [0.25, 0.3) is 0 Å². The number of hydrogen-bond donors (Lipinski definition) is 1. The predicted octanol–water partition coefficient (Wildman–Crippen LogP) is 1.55. The summed E-state index contributed by atoms with van der Waals surface area (Å²) in [5, 5.41) is 3.34. The first kappa shape index (κ1) is 8.78. The number of rotatable bonds is 2. The lowest BCUT2D eigenvalue weighted by Crippen LogP contribution is -2.39. The summed E-state index contributed by atoms with van der Waals surface area (Å²) in [5.74, 6) is 0.962. The highest BCUT2D eigenvalue weighted by atomic mass is 16.5. The molecule has 72 valence electrons. The molecular weight excluding hydrogens is 166 g/mol. The average Bonchev–Trinajstić information content (AvgIpc) is 2.62. The van der Waals surface area contributed by atoms with Crippen LogP contribution in [0.3, 0.4) is 0 Å². The summed E-state index contributed by atoms with van der Waals surface area (Å²) in [6, 6.07) is 3.87. The molecule has 1 fully saturated rings. The second kappa shape index (κ2) is 3.16. The molecule has 3 nitrogen and oxygen atoms in total. The maximum Gasteiger partial charge on any atom is 0.124 e. The van der Waals surface area contributed by atoms with Crippen LogP contribution in [0.25, 0.3) is 0 Å². The van der Waals surface area contributed by atoms with Gasteiger partial charge in [0.05, 0.1) is 12.4 Å². The van der Waals surface area contributed by atoms with E-state index in [2.05, 4.69) is 19.2 Å². The van der Waals surface area contributed by atoms with Crippen LogP contribution in [0.1, 0.15) is 19.6 Å². The lowest BCUT2D eigenvalue weighted by Gasteiger charge is -2.22. The Morgan fingerprint density at radius 3 is 3.08 bits per heavy atom. The third kappa shape index (κ3) is 1.92. The van der Waals surface area contributed by atoms with Crippen molar-refractivity contribution >= 4 is 0 Å². The molecule has 1 aliphatic rings. The molecule has 0 aliphatic carbocycles. The molecule has 3 heteroatoms. The first-order valence-corrected chi connectivity index (χ1v) is 4.63. The summed E-state index contributed by atoms with van der Waals surface area (Å²) in [6.07, 6.45) is 2.77. The molecule has 1 N–H and O–H groups in total. The van der Waals surface area contributed by atoms with Crippen LogP contribution in [0.4, 0.5) is 0 Å². The number of ether oxygens (including phenoxy) is 1. The SMILES string of the molecule is CC1CNC(C)(Cc2ccco2)O1. The minimum absolute atomic E-state index is 0.253. The number of hydrogen-bond acceptors (Lipinski definition) is 3. The van der Waals surface area contributed by atoms with Gasteiger partial charge in [0.1, 0.15) is 11.5 Å². The zero-order chi connectivity index (χ0) is 9.31. The van der Waals surface area contributed by atoms with Gasteiger partial charge in [-0.15, -0.1) is 0 Å². The quantitative estimate of drug-likeness (QED) is 0.751. The van der Waals surface area contributed by atoms with E-state index in [1.165, 1.54) is 0 Å². The molecule has 0 radical (unpaired) electrons. The van der Waals surface area contributed by atoms with E-state index in [9.17, 15) is 0 Å². The Balaban J connectivity index is 2.01. The summed E-state index contributed by atoms with van der Waals surface area (Å²) >= 11 is 0. The van der Waals surface area contributed by atoms with E-state index in [0.29, 0.717) is 6.10 Å². The van der Waals surface area contributed by atoms with E-state index in [4.69, 9.17) is 9.15 Å². The molecule has 1 aromatic heterocycles. The van der Waals surface area contributed by atoms with Crippen LogP contribution in [0.15, 0.2) is 22.8 Å². The smallest absolute Gasteiger partial charge is 0.124 e. The van der Waals surface area contributed by atoms with Crippen molar-refractivity contribution in [2.75, 3.05) is 6.54 Å². The molecule has 2 atom stereocenters. The van der Waals surface area contributed by atoms with Gasteiger partial charge in [0.15, 0.2) is 0 Å². The van der Waals surface area contributed by atoms with Crippen LogP contribution < -0.4 is 5.32 Å². The van der Waals surface area contributed by atoms with Crippen LogP contribution in [0.2, 0.25) is 0 Å². The maximum atomic E-state index is 5.75. The van der Waals surface area contributed by atoms with Gasteiger partial charge in [0.2, 0.25) is 0 Å². The van der Waals surface area contributed by atoms with E-state index >= 15 is 0 Å². The van der Waals surface area contributed by atoms with Crippen LogP contribution in [0, 0.1) is 0 Å². The molecule has 1 aliphatic heterocycles. The van der Waals surface area contributed by atoms with E-state index in [-0.39, 0.29) is 5.72 Å². The molecule has 0 saturated carbocycles. The van der Waals surface area contributed by atoms with E-state index < -0.39 is 0 Å². The van der Waals surface area contributed by atoms with Crippen molar-refractivity contribution in [2.45, 2.75) is 32.1 Å². The van der Waals surface area contributed by atoms with Gasteiger partial charge in [-0.1, -0.05) is 0 Å². The summed E-state index contributed by atoms with van der Waals surface area (Å²) in [6.45, 7) is 5.04. The van der Waals surface area contributed by atoms with E-state index in [0.717, 1.165) is 18.7 Å². The highest BCUT2D eigenvalue weighted by Gasteiger charge is 2.34. The lowest BCUT2D eigenvalue weighted by molar-refractivity contribution is -0.0321. The van der Waals surface area contributed by atoms with Crippen molar-refractivity contribution < 1.29 is 9.15 Å². The van der Waals surface area contributed by atoms with E-state index in [1.807, 2.05) is 12.1 Å². The topological polar surface area (TPSA) is 34.4 Å². The van der Waals surface area contributed by atoms with Crippen molar-refractivity contribution in [1.29, 1.82) is 0 Å². The first-order valence-electron chi connectivity index (χ1n) is 4.63. The molecule has 0 amide bonds. The Kier molecular flexibility index (Phi) is 2.14. The number of nitrogens with one attached hydrogen (secondary N) is 1. The molecule has 1 aromatic rings. The van der Waals surface area contributed by atoms with Crippen LogP contribution in [-0.2, 0) is 11.2 Å². The third-order valence-electron chi connectivity index (χ3n) is 2.32. The number of furan rings is 1. The van der Waals surface area contributed by atoms with Gasteiger partial charge in [-0.25, -0.2) is 0 Å². The predicted molar refractivity (Wildman–Crippen MR) is 49.4 cm³/mol. The average molecular weight is 181 g/mol. The Morgan fingerprint density at radius 2 is 2.54 bits per heavy atom. The summed E-state index contributed by atoms with van der Waals surface area (Å²) < 4.78 is 11.0. The Labute approximate surface area is 78.1 Å². The van der Waals surface area contributed by atoms with Gasteiger partial charge < -0.3 is 9.15 Å². The summed E-state index contributed by atoms with van der Waals surface area (Å²) in [4.78, 5) is 0. The van der Waals surface area contributed by atoms with Gasteiger partial charge >= 0.3 is 0 Å². The summed E-state index contributed by atoms with van der Waals surface area (Å²) in [7, 11) is 0. The van der Waals surface area contributed by atoms with Crippen LogP contribution in [-0.4, -0.2) is 18.4 Å². The Morgan fingerprint density at radius 1 is 1.69 bits per heavy atom. The second-order valence-electron chi connectivity index (χ2n) is 3.80. The monoisotopic (exact) mass is 181 g/mol. The van der Waals surface area contributed by atoms with Gasteiger partial charge in [-0.2, -0.15) is 0 Å². The normalized spacial score (nSPS) is 33.8. The van der Waals surface area contributed by atoms with Crippen LogP contribution >= 0.6 is 0 Å². The molecule has 0 bridgehead atoms. The molecule has 0 spiro atoms. The molecule has 2 rings (SSSR count). The molecule has 2 heterocycles. The highest BCUT2D eigenvalue weighted by Crippen LogP contribution is 2.21. The van der Waals surface area contributed by atoms with Crippen molar-refractivity contribution in [1.82, 2.24) is 5.32 Å². The Bertz CT molecular complexity index is 270. The fraction of sp³-hybridized carbons (Fsp3) is 0.600. The highest BCUT2D eigenvalue weighted by molar-refractivity contribution is 5.03. The molecule has 1 saturated heterocycles. The zero-order valence-electron chi connectivity index (χ0n) is 8.04. The largest absolute Gasteiger partial charge is 0.469 e. The summed E-state index contributed by atoms with van der Waals surface area (Å²) in [5.41, 5.74) is -0.253. The minimum Gasteiger partial charge on any atom is -0.469 e. The maximum absolute atomic E-state index is 5.75. The van der Waals surface area contributed by atoms with Gasteiger partial charge in [0, 0.05) is 13.0 Å². The fourth-order valence-electron chi connectivity index (χ4n) is 1.74. The molecule has 2 unspecified atom stereocenters. The van der Waals surface area contributed by atoms with E-state index in [1.54, 1.807) is 6.26 Å². The van der Waals surface area contributed by atoms with Gasteiger partial charge in [-0.05, 0) is 26.0 Å². The second-order valence-corrected chi connectivity index (χ2v) is 3.80. The molecule has 0 aromatic carbocycles. The molecular formula is C10H15NO2. The standard InChI is InChI=1S/C10H15NO2/c1-8-7-11-10(2,13-8)6-9-4-3-5-12-9/h3-5,8,11H,6-7H2,1-2H3. The lowest BCUT2D eigenvalue weighted by atomic mass is 10.1. The molecule has 13 heavy (non-hydrogen) atoms.